The van der Waals surface area contributed by atoms with Gasteiger partial charge in [0.05, 0.1) is 22.0 Å². The van der Waals surface area contributed by atoms with Crippen LogP contribution in [-0.2, 0) is 14.8 Å². The number of benzene rings is 1. The number of carbonyl (C=O) groups excluding carboxylic acids is 1. The first kappa shape index (κ1) is 18.3. The normalized spacial score (nSPS) is 15.4. The highest BCUT2D eigenvalue weighted by Crippen LogP contribution is 2.30. The molecule has 0 bridgehead atoms. The Balaban J connectivity index is 2.12. The molecule has 0 atom stereocenters. The van der Waals surface area contributed by atoms with Gasteiger partial charge in [-0.3, -0.25) is 4.79 Å². The van der Waals surface area contributed by atoms with Crippen LogP contribution in [0, 0.1) is 6.42 Å². The first-order valence-corrected chi connectivity index (χ1v) is 9.05. The quantitative estimate of drug-likeness (QED) is 0.818. The van der Waals surface area contributed by atoms with Crippen LogP contribution in [0.25, 0.3) is 0 Å². The molecular formula is C14H12Cl3N2O3S. The fraction of sp³-hybridized carbons (Fsp3) is 0.143. The molecular weight excluding hydrogens is 383 g/mol. The van der Waals surface area contributed by atoms with E-state index in [0.717, 1.165) is 0 Å². The van der Waals surface area contributed by atoms with Crippen molar-refractivity contribution >= 4 is 56.4 Å². The maximum Gasteiger partial charge on any atom is 0.238 e. The van der Waals surface area contributed by atoms with Crippen LogP contribution in [-0.4, -0.2) is 14.3 Å². The van der Waals surface area contributed by atoms with Gasteiger partial charge in [0.1, 0.15) is 0 Å². The zero-order valence-electron chi connectivity index (χ0n) is 11.6. The van der Waals surface area contributed by atoms with Crippen molar-refractivity contribution in [2.24, 2.45) is 5.14 Å². The van der Waals surface area contributed by atoms with Crippen molar-refractivity contribution in [3.8, 4) is 0 Å². The molecule has 0 saturated heterocycles. The average Bonchev–Trinajstić information content (AvgIpc) is 2.44. The molecule has 0 heterocycles. The third-order valence-corrected chi connectivity index (χ3v) is 4.89. The van der Waals surface area contributed by atoms with E-state index in [2.05, 4.69) is 5.32 Å². The van der Waals surface area contributed by atoms with Gasteiger partial charge in [-0.25, -0.2) is 13.6 Å². The molecule has 1 amide bonds. The molecule has 1 aliphatic carbocycles. The summed E-state index contributed by atoms with van der Waals surface area (Å²) in [6.07, 6.45) is 3.92. The third kappa shape index (κ3) is 4.96. The molecule has 1 aromatic carbocycles. The number of rotatable bonds is 4. The van der Waals surface area contributed by atoms with E-state index in [4.69, 9.17) is 39.9 Å². The SMILES string of the molecule is NS(=O)(=O)c1ccc(NC(=O)CC2=C(Cl)[CH]CC(Cl)=C2)c(Cl)c1. The molecule has 0 aliphatic heterocycles. The zero-order valence-corrected chi connectivity index (χ0v) is 14.7. The van der Waals surface area contributed by atoms with Gasteiger partial charge in [0, 0.05) is 16.5 Å². The summed E-state index contributed by atoms with van der Waals surface area (Å²) < 4.78 is 22.5. The van der Waals surface area contributed by atoms with E-state index >= 15 is 0 Å². The average molecular weight is 395 g/mol. The number of primary sulfonamides is 1. The Labute approximate surface area is 149 Å². The highest BCUT2D eigenvalue weighted by atomic mass is 35.5. The topological polar surface area (TPSA) is 89.3 Å². The molecule has 0 unspecified atom stereocenters. The number of anilines is 1. The van der Waals surface area contributed by atoms with Crippen molar-refractivity contribution in [2.75, 3.05) is 5.32 Å². The Kier molecular flexibility index (Phi) is 5.75. The Morgan fingerprint density at radius 3 is 2.57 bits per heavy atom. The minimum atomic E-state index is -3.86. The molecule has 23 heavy (non-hydrogen) atoms. The van der Waals surface area contributed by atoms with Crippen LogP contribution in [0.3, 0.4) is 0 Å². The van der Waals surface area contributed by atoms with Gasteiger partial charge in [-0.1, -0.05) is 34.8 Å². The molecule has 2 rings (SSSR count). The number of hydrogen-bond acceptors (Lipinski definition) is 3. The molecule has 5 nitrogen and oxygen atoms in total. The van der Waals surface area contributed by atoms with Gasteiger partial charge in [-0.2, -0.15) is 0 Å². The van der Waals surface area contributed by atoms with Crippen molar-refractivity contribution in [2.45, 2.75) is 17.7 Å². The Morgan fingerprint density at radius 2 is 1.96 bits per heavy atom. The van der Waals surface area contributed by atoms with E-state index in [0.29, 0.717) is 22.1 Å². The molecule has 1 aliphatic rings. The highest BCUT2D eigenvalue weighted by Gasteiger charge is 2.16. The lowest BCUT2D eigenvalue weighted by molar-refractivity contribution is -0.115. The van der Waals surface area contributed by atoms with Gasteiger partial charge in [0.2, 0.25) is 15.9 Å². The van der Waals surface area contributed by atoms with Gasteiger partial charge in [-0.05, 0) is 36.3 Å². The lowest BCUT2D eigenvalue weighted by Gasteiger charge is -2.13. The Bertz CT molecular complexity index is 817. The molecule has 0 aromatic heterocycles. The van der Waals surface area contributed by atoms with E-state index in [1.165, 1.54) is 18.2 Å². The maximum atomic E-state index is 12.1. The second kappa shape index (κ2) is 7.23. The summed E-state index contributed by atoms with van der Waals surface area (Å²) in [6, 6.07) is 3.80. The summed E-state index contributed by atoms with van der Waals surface area (Å²) in [6.45, 7) is 0. The number of allylic oxidation sites excluding steroid dienone is 3. The number of carbonyl (C=O) groups is 1. The fourth-order valence-corrected chi connectivity index (χ4v) is 3.15. The van der Waals surface area contributed by atoms with Crippen LogP contribution in [0.5, 0.6) is 0 Å². The summed E-state index contributed by atoms with van der Waals surface area (Å²) in [5, 5.41) is 8.72. The predicted molar refractivity (Wildman–Crippen MR) is 91.8 cm³/mol. The molecule has 1 aromatic rings. The number of amides is 1. The summed E-state index contributed by atoms with van der Waals surface area (Å²) in [5.41, 5.74) is 0.869. The van der Waals surface area contributed by atoms with Crippen molar-refractivity contribution in [1.29, 1.82) is 0 Å². The largest absolute Gasteiger partial charge is 0.324 e. The van der Waals surface area contributed by atoms with Crippen LogP contribution in [0.15, 0.2) is 44.8 Å². The van der Waals surface area contributed by atoms with E-state index in [1.807, 2.05) is 0 Å². The number of nitrogens with two attached hydrogens (primary N) is 1. The monoisotopic (exact) mass is 393 g/mol. The summed E-state index contributed by atoms with van der Waals surface area (Å²) in [4.78, 5) is 11.9. The molecule has 123 valence electrons. The summed E-state index contributed by atoms with van der Waals surface area (Å²) >= 11 is 17.9. The number of sulfonamides is 1. The van der Waals surface area contributed by atoms with Crippen molar-refractivity contribution < 1.29 is 13.2 Å². The van der Waals surface area contributed by atoms with Gasteiger partial charge in [0.15, 0.2) is 0 Å². The van der Waals surface area contributed by atoms with Gasteiger partial charge < -0.3 is 5.32 Å². The first-order chi connectivity index (χ1) is 10.7. The second-order valence-corrected chi connectivity index (χ2v) is 7.65. The zero-order chi connectivity index (χ0) is 17.2. The van der Waals surface area contributed by atoms with Crippen LogP contribution in [0.2, 0.25) is 5.02 Å². The Morgan fingerprint density at radius 1 is 1.26 bits per heavy atom. The van der Waals surface area contributed by atoms with Crippen molar-refractivity contribution in [1.82, 2.24) is 0 Å². The van der Waals surface area contributed by atoms with E-state index < -0.39 is 10.0 Å². The van der Waals surface area contributed by atoms with Crippen LogP contribution in [0.4, 0.5) is 5.69 Å². The fourth-order valence-electron chi connectivity index (χ4n) is 1.91. The van der Waals surface area contributed by atoms with Crippen molar-refractivity contribution in [3.63, 3.8) is 0 Å². The number of halogens is 3. The second-order valence-electron chi connectivity index (χ2n) is 4.78. The minimum Gasteiger partial charge on any atom is -0.324 e. The minimum absolute atomic E-state index is 0.0127. The van der Waals surface area contributed by atoms with E-state index in [1.54, 1.807) is 12.5 Å². The van der Waals surface area contributed by atoms with Crippen LogP contribution >= 0.6 is 34.8 Å². The van der Waals surface area contributed by atoms with Gasteiger partial charge >= 0.3 is 0 Å². The van der Waals surface area contributed by atoms with E-state index in [-0.39, 0.29) is 27.9 Å². The highest BCUT2D eigenvalue weighted by molar-refractivity contribution is 7.89. The summed E-state index contributed by atoms with van der Waals surface area (Å²) in [5.74, 6) is -0.362. The van der Waals surface area contributed by atoms with Gasteiger partial charge in [-0.15, -0.1) is 0 Å². The standard InChI is InChI=1S/C14H12Cl3N2O3S/c15-9-1-3-11(16)8(5-9)6-14(20)19-13-4-2-10(7-12(13)17)23(18,21)22/h2-5,7H,1,6H2,(H,19,20)(H2,18,21,22). The van der Waals surface area contributed by atoms with Crippen LogP contribution in [0.1, 0.15) is 12.8 Å². The van der Waals surface area contributed by atoms with Crippen LogP contribution < -0.4 is 10.5 Å². The summed E-state index contributed by atoms with van der Waals surface area (Å²) in [7, 11) is -3.86. The first-order valence-electron chi connectivity index (χ1n) is 6.37. The number of hydrogen-bond donors (Lipinski definition) is 2. The van der Waals surface area contributed by atoms with E-state index in [9.17, 15) is 13.2 Å². The van der Waals surface area contributed by atoms with Crippen molar-refractivity contribution in [3.05, 3.63) is 51.4 Å². The molecule has 0 saturated carbocycles. The lowest BCUT2D eigenvalue weighted by Crippen LogP contribution is -2.15. The smallest absolute Gasteiger partial charge is 0.238 e. The molecule has 0 spiro atoms. The molecule has 0 fully saturated rings. The maximum absolute atomic E-state index is 12.1. The Hall–Kier alpha value is -1.05. The lowest BCUT2D eigenvalue weighted by atomic mass is 10.0. The molecule has 3 N–H and O–H groups in total. The molecule has 1 radical (unpaired) electrons. The molecule has 9 heteroatoms. The predicted octanol–water partition coefficient (Wildman–Crippen LogP) is 3.54. The van der Waals surface area contributed by atoms with Gasteiger partial charge in [0.25, 0.3) is 0 Å². The third-order valence-electron chi connectivity index (χ3n) is 3.01. The number of nitrogens with one attached hydrogen (secondary N) is 1.